The van der Waals surface area contributed by atoms with Gasteiger partial charge in [0.1, 0.15) is 11.3 Å². The Hall–Kier alpha value is -4.27. The van der Waals surface area contributed by atoms with Crippen LogP contribution in [0, 0.1) is 6.92 Å². The van der Waals surface area contributed by atoms with Crippen molar-refractivity contribution in [2.24, 2.45) is 0 Å². The largest absolute Gasteiger partial charge is 0.465 e. The highest BCUT2D eigenvalue weighted by Gasteiger charge is 2.31. The van der Waals surface area contributed by atoms with Crippen LogP contribution in [-0.4, -0.2) is 46.1 Å². The van der Waals surface area contributed by atoms with Gasteiger partial charge in [-0.05, 0) is 12.1 Å². The van der Waals surface area contributed by atoms with Crippen molar-refractivity contribution in [1.29, 1.82) is 0 Å². The van der Waals surface area contributed by atoms with Gasteiger partial charge in [-0.1, -0.05) is 47.6 Å². The molecule has 0 atom stereocenters. The van der Waals surface area contributed by atoms with E-state index in [1.807, 2.05) is 6.07 Å². The van der Waals surface area contributed by atoms with E-state index in [9.17, 15) is 9.59 Å². The third kappa shape index (κ3) is 3.68. The second-order valence-corrected chi connectivity index (χ2v) is 6.52. The van der Waals surface area contributed by atoms with Gasteiger partial charge in [0.25, 0.3) is 0 Å². The monoisotopic (exact) mass is 418 g/mol. The lowest BCUT2D eigenvalue weighted by atomic mass is 10.0. The number of ether oxygens (including phenoxy) is 2. The first-order valence-corrected chi connectivity index (χ1v) is 9.29. The summed E-state index contributed by atoms with van der Waals surface area (Å²) in [6.07, 6.45) is 0. The Kier molecular flexibility index (Phi) is 5.31. The summed E-state index contributed by atoms with van der Waals surface area (Å²) in [4.78, 5) is 29.5. The average molecular weight is 418 g/mol. The fraction of sp³-hybridized carbons (Fsp3) is 0.136. The standard InChI is InChI=1S/C22H18N4O5/c1-13-23-20(25-31-13)15-11-9-14(10-12-15)18-17(21(27)29-2)19(22(28)30-3)26(24-18)16-7-5-4-6-8-16/h4-12H,1-3H3. The fourth-order valence-corrected chi connectivity index (χ4v) is 3.15. The normalized spacial score (nSPS) is 10.7. The first-order chi connectivity index (χ1) is 15.0. The van der Waals surface area contributed by atoms with Gasteiger partial charge in [-0.3, -0.25) is 0 Å². The molecule has 0 aliphatic rings. The van der Waals surface area contributed by atoms with E-state index in [2.05, 4.69) is 15.2 Å². The molecule has 0 saturated heterocycles. The zero-order valence-corrected chi connectivity index (χ0v) is 17.0. The molecule has 0 aliphatic heterocycles. The van der Waals surface area contributed by atoms with Crippen molar-refractivity contribution in [1.82, 2.24) is 19.9 Å². The lowest BCUT2D eigenvalue weighted by Crippen LogP contribution is -2.15. The summed E-state index contributed by atoms with van der Waals surface area (Å²) < 4.78 is 16.3. The van der Waals surface area contributed by atoms with Gasteiger partial charge in [0, 0.05) is 18.1 Å². The van der Waals surface area contributed by atoms with E-state index in [1.54, 1.807) is 55.5 Å². The third-order valence-electron chi connectivity index (χ3n) is 4.60. The molecule has 156 valence electrons. The number of rotatable bonds is 5. The van der Waals surface area contributed by atoms with E-state index in [0.717, 1.165) is 5.56 Å². The topological polar surface area (TPSA) is 109 Å². The molecule has 0 unspecified atom stereocenters. The van der Waals surface area contributed by atoms with E-state index in [4.69, 9.17) is 14.0 Å². The SMILES string of the molecule is COC(=O)c1c(-c2ccc(-c3noc(C)n3)cc2)nn(-c2ccccc2)c1C(=O)OC. The number of methoxy groups -OCH3 is 2. The highest BCUT2D eigenvalue weighted by molar-refractivity contribution is 6.06. The average Bonchev–Trinajstić information content (AvgIpc) is 3.43. The molecule has 9 heteroatoms. The quantitative estimate of drug-likeness (QED) is 0.453. The summed E-state index contributed by atoms with van der Waals surface area (Å²) in [5.74, 6) is -0.504. The molecule has 9 nitrogen and oxygen atoms in total. The number of para-hydroxylation sites is 1. The summed E-state index contributed by atoms with van der Waals surface area (Å²) in [6.45, 7) is 1.71. The van der Waals surface area contributed by atoms with E-state index < -0.39 is 11.9 Å². The first kappa shape index (κ1) is 20.0. The molecule has 4 aromatic rings. The Morgan fingerprint density at radius 2 is 1.55 bits per heavy atom. The molecule has 4 rings (SSSR count). The van der Waals surface area contributed by atoms with Crippen molar-refractivity contribution in [3.05, 3.63) is 71.7 Å². The second-order valence-electron chi connectivity index (χ2n) is 6.52. The first-order valence-electron chi connectivity index (χ1n) is 9.29. The maximum atomic E-state index is 12.7. The van der Waals surface area contributed by atoms with Crippen LogP contribution in [0.1, 0.15) is 26.7 Å². The van der Waals surface area contributed by atoms with Crippen LogP contribution < -0.4 is 0 Å². The number of aromatic nitrogens is 4. The summed E-state index contributed by atoms with van der Waals surface area (Å²) >= 11 is 0. The van der Waals surface area contributed by atoms with Gasteiger partial charge in [-0.15, -0.1) is 0 Å². The predicted octanol–water partition coefficient (Wildman–Crippen LogP) is 3.47. The molecule has 0 spiro atoms. The summed E-state index contributed by atoms with van der Waals surface area (Å²) in [5, 5.41) is 8.46. The number of hydrogen-bond donors (Lipinski definition) is 0. The van der Waals surface area contributed by atoms with E-state index >= 15 is 0 Å². The Labute approximate surface area is 177 Å². The smallest absolute Gasteiger partial charge is 0.357 e. The molecule has 0 bridgehead atoms. The van der Waals surface area contributed by atoms with Crippen LogP contribution in [0.5, 0.6) is 0 Å². The Bertz CT molecular complexity index is 1240. The maximum absolute atomic E-state index is 12.7. The summed E-state index contributed by atoms with van der Waals surface area (Å²) in [6, 6.07) is 16.1. The van der Waals surface area contributed by atoms with Crippen LogP contribution in [0.25, 0.3) is 28.3 Å². The molecule has 0 saturated carbocycles. The van der Waals surface area contributed by atoms with Crippen LogP contribution in [-0.2, 0) is 9.47 Å². The molecule has 31 heavy (non-hydrogen) atoms. The van der Waals surface area contributed by atoms with Gasteiger partial charge in [0.15, 0.2) is 5.69 Å². The molecule has 2 aromatic carbocycles. The van der Waals surface area contributed by atoms with E-state index in [-0.39, 0.29) is 17.0 Å². The van der Waals surface area contributed by atoms with Crippen molar-refractivity contribution in [2.45, 2.75) is 6.92 Å². The number of nitrogens with zero attached hydrogens (tertiary/aromatic N) is 4. The highest BCUT2D eigenvalue weighted by atomic mass is 16.5. The molecular formula is C22H18N4O5. The van der Waals surface area contributed by atoms with Gasteiger partial charge < -0.3 is 14.0 Å². The second kappa shape index (κ2) is 8.23. The van der Waals surface area contributed by atoms with Crippen LogP contribution in [0.2, 0.25) is 0 Å². The van der Waals surface area contributed by atoms with Gasteiger partial charge in [0.05, 0.1) is 19.9 Å². The lowest BCUT2D eigenvalue weighted by Gasteiger charge is -2.07. The fourth-order valence-electron chi connectivity index (χ4n) is 3.15. The van der Waals surface area contributed by atoms with Crippen LogP contribution in [0.3, 0.4) is 0 Å². The molecule has 0 radical (unpaired) electrons. The zero-order chi connectivity index (χ0) is 22.0. The van der Waals surface area contributed by atoms with E-state index in [1.165, 1.54) is 18.9 Å². The van der Waals surface area contributed by atoms with Crippen LogP contribution >= 0.6 is 0 Å². The maximum Gasteiger partial charge on any atom is 0.357 e. The van der Waals surface area contributed by atoms with Gasteiger partial charge in [-0.2, -0.15) is 10.1 Å². The lowest BCUT2D eigenvalue weighted by molar-refractivity contribution is 0.0549. The van der Waals surface area contributed by atoms with Crippen molar-refractivity contribution in [3.8, 4) is 28.3 Å². The van der Waals surface area contributed by atoms with Crippen molar-refractivity contribution in [2.75, 3.05) is 14.2 Å². The minimum Gasteiger partial charge on any atom is -0.465 e. The minimum atomic E-state index is -0.707. The number of hydrogen-bond acceptors (Lipinski definition) is 8. The zero-order valence-electron chi connectivity index (χ0n) is 17.0. The molecule has 0 fully saturated rings. The number of carbonyl (C=O) groups excluding carboxylic acids is 2. The predicted molar refractivity (Wildman–Crippen MR) is 110 cm³/mol. The Balaban J connectivity index is 1.90. The number of benzene rings is 2. The van der Waals surface area contributed by atoms with Crippen molar-refractivity contribution >= 4 is 11.9 Å². The number of aryl methyl sites for hydroxylation is 1. The van der Waals surface area contributed by atoms with Gasteiger partial charge >= 0.3 is 11.9 Å². The highest BCUT2D eigenvalue weighted by Crippen LogP contribution is 2.30. The minimum absolute atomic E-state index is 0.0151. The number of carbonyl (C=O) groups is 2. The summed E-state index contributed by atoms with van der Waals surface area (Å²) in [7, 11) is 2.49. The molecular weight excluding hydrogens is 400 g/mol. The van der Waals surface area contributed by atoms with Gasteiger partial charge in [0.2, 0.25) is 11.7 Å². The van der Waals surface area contributed by atoms with Crippen molar-refractivity contribution < 1.29 is 23.6 Å². The van der Waals surface area contributed by atoms with Crippen LogP contribution in [0.15, 0.2) is 59.1 Å². The van der Waals surface area contributed by atoms with Crippen LogP contribution in [0.4, 0.5) is 0 Å². The Morgan fingerprint density at radius 1 is 0.903 bits per heavy atom. The van der Waals surface area contributed by atoms with E-state index in [0.29, 0.717) is 23.0 Å². The van der Waals surface area contributed by atoms with Crippen molar-refractivity contribution in [3.63, 3.8) is 0 Å². The molecule has 0 aliphatic carbocycles. The number of esters is 2. The molecule has 2 aromatic heterocycles. The Morgan fingerprint density at radius 3 is 2.13 bits per heavy atom. The molecule has 0 amide bonds. The third-order valence-corrected chi connectivity index (χ3v) is 4.60. The summed E-state index contributed by atoms with van der Waals surface area (Å²) in [5.41, 5.74) is 2.21. The molecule has 2 heterocycles. The van der Waals surface area contributed by atoms with Gasteiger partial charge in [-0.25, -0.2) is 14.3 Å². The molecule has 0 N–H and O–H groups in total.